The van der Waals surface area contributed by atoms with E-state index in [9.17, 15) is 24.5 Å². The third-order valence-electron chi connectivity index (χ3n) is 4.50. The molecule has 27 heavy (non-hydrogen) atoms. The highest BCUT2D eigenvalue weighted by molar-refractivity contribution is 6.42. The first-order chi connectivity index (χ1) is 12.7. The number of rotatable bonds is 7. The smallest absolute Gasteiger partial charge is 0.307 e. The lowest BCUT2D eigenvalue weighted by atomic mass is 9.88. The van der Waals surface area contributed by atoms with Crippen molar-refractivity contribution in [3.63, 3.8) is 0 Å². The van der Waals surface area contributed by atoms with Gasteiger partial charge in [-0.15, -0.1) is 0 Å². The van der Waals surface area contributed by atoms with E-state index in [0.29, 0.717) is 10.7 Å². The highest BCUT2D eigenvalue weighted by Gasteiger charge is 2.44. The van der Waals surface area contributed by atoms with Crippen LogP contribution >= 0.6 is 23.2 Å². The van der Waals surface area contributed by atoms with Crippen molar-refractivity contribution in [2.24, 2.45) is 17.8 Å². The molecule has 0 heterocycles. The first-order valence-electron chi connectivity index (χ1n) is 8.22. The van der Waals surface area contributed by atoms with Gasteiger partial charge >= 0.3 is 5.97 Å². The number of nitro groups is 1. The van der Waals surface area contributed by atoms with E-state index in [-0.39, 0.29) is 36.1 Å². The maximum absolute atomic E-state index is 12.0. The van der Waals surface area contributed by atoms with Gasteiger partial charge < -0.3 is 10.1 Å². The molecule has 0 bridgehead atoms. The van der Waals surface area contributed by atoms with E-state index in [1.807, 2.05) is 0 Å². The summed E-state index contributed by atoms with van der Waals surface area (Å²) in [5.74, 6) is -2.96. The van der Waals surface area contributed by atoms with E-state index in [1.165, 1.54) is 18.2 Å². The van der Waals surface area contributed by atoms with Crippen LogP contribution in [-0.4, -0.2) is 35.7 Å². The zero-order chi connectivity index (χ0) is 20.1. The molecular formula is C17H18Cl2N2O6. The Morgan fingerprint density at radius 3 is 2.67 bits per heavy atom. The minimum Gasteiger partial charge on any atom is -0.456 e. The summed E-state index contributed by atoms with van der Waals surface area (Å²) in [5.41, 5.74) is 0.385. The maximum atomic E-state index is 12.0. The van der Waals surface area contributed by atoms with Crippen LogP contribution in [0.1, 0.15) is 19.8 Å². The summed E-state index contributed by atoms with van der Waals surface area (Å²) >= 11 is 11.6. The second-order valence-corrected chi connectivity index (χ2v) is 7.29. The molecular weight excluding hydrogens is 399 g/mol. The van der Waals surface area contributed by atoms with Crippen LogP contribution in [0.15, 0.2) is 18.2 Å². The van der Waals surface area contributed by atoms with Crippen LogP contribution in [0.4, 0.5) is 5.69 Å². The molecule has 1 aromatic rings. The molecule has 1 aliphatic rings. The lowest BCUT2D eigenvalue weighted by molar-refractivity contribution is -0.490. The fraction of sp³-hybridized carbons (Fsp3) is 0.471. The molecule has 1 saturated carbocycles. The van der Waals surface area contributed by atoms with E-state index in [1.54, 1.807) is 6.92 Å². The SMILES string of the molecule is C[C@@H]1CC(=O)[C@H](CC(=O)OCC(=O)Nc2ccc(Cl)c(Cl)c2)[C@@H]1C[N+](=O)[O-]. The number of ketones is 1. The molecule has 3 atom stereocenters. The summed E-state index contributed by atoms with van der Waals surface area (Å²) in [6, 6.07) is 4.49. The standard InChI is InChI=1S/C17H18Cl2N2O6/c1-9-4-15(22)11(12(9)7-21(25)26)6-17(24)27-8-16(23)20-10-2-3-13(18)14(19)5-10/h2-3,5,9,11-12H,4,6-8H2,1H3,(H,20,23)/t9-,11-,12-/m1/s1. The molecule has 0 aliphatic heterocycles. The number of hydrogen-bond acceptors (Lipinski definition) is 6. The molecule has 0 unspecified atom stereocenters. The van der Waals surface area contributed by atoms with Crippen molar-refractivity contribution in [3.05, 3.63) is 38.4 Å². The summed E-state index contributed by atoms with van der Waals surface area (Å²) in [6.07, 6.45) is -0.0734. The van der Waals surface area contributed by atoms with Crippen molar-refractivity contribution in [2.75, 3.05) is 18.5 Å². The Labute approximate surface area is 165 Å². The number of halogens is 2. The van der Waals surface area contributed by atoms with Crippen LogP contribution < -0.4 is 5.32 Å². The van der Waals surface area contributed by atoms with Crippen molar-refractivity contribution < 1.29 is 24.0 Å². The number of benzene rings is 1. The molecule has 1 N–H and O–H groups in total. The molecule has 0 saturated heterocycles. The summed E-state index contributed by atoms with van der Waals surface area (Å²) in [4.78, 5) is 46.1. The molecule has 0 radical (unpaired) electrons. The van der Waals surface area contributed by atoms with Gasteiger partial charge in [-0.2, -0.15) is 0 Å². The van der Waals surface area contributed by atoms with Crippen molar-refractivity contribution in [1.29, 1.82) is 0 Å². The average Bonchev–Trinajstić information content (AvgIpc) is 2.83. The number of carbonyl (C=O) groups excluding carboxylic acids is 3. The number of esters is 1. The largest absolute Gasteiger partial charge is 0.456 e. The number of ether oxygens (including phenoxy) is 1. The van der Waals surface area contributed by atoms with Gasteiger partial charge in [-0.05, 0) is 24.1 Å². The van der Waals surface area contributed by atoms with Crippen LogP contribution in [0.2, 0.25) is 10.0 Å². The molecule has 10 heteroatoms. The second-order valence-electron chi connectivity index (χ2n) is 6.48. The Morgan fingerprint density at radius 1 is 1.33 bits per heavy atom. The number of nitrogens with zero attached hydrogens (tertiary/aromatic N) is 1. The minimum absolute atomic E-state index is 0.168. The van der Waals surface area contributed by atoms with Gasteiger partial charge in [0.1, 0.15) is 5.78 Å². The average molecular weight is 417 g/mol. The summed E-state index contributed by atoms with van der Waals surface area (Å²) < 4.78 is 4.90. The van der Waals surface area contributed by atoms with Crippen LogP contribution in [0.3, 0.4) is 0 Å². The fourth-order valence-corrected chi connectivity index (χ4v) is 3.45. The normalized spacial score (nSPS) is 21.7. The van der Waals surface area contributed by atoms with E-state index in [2.05, 4.69) is 5.32 Å². The third-order valence-corrected chi connectivity index (χ3v) is 5.24. The molecule has 146 valence electrons. The predicted molar refractivity (Wildman–Crippen MR) is 98.3 cm³/mol. The molecule has 0 aromatic heterocycles. The molecule has 1 aliphatic carbocycles. The monoisotopic (exact) mass is 416 g/mol. The Hall–Kier alpha value is -2.19. The predicted octanol–water partition coefficient (Wildman–Crippen LogP) is 2.98. The van der Waals surface area contributed by atoms with Gasteiger partial charge in [0, 0.05) is 28.9 Å². The van der Waals surface area contributed by atoms with Crippen molar-refractivity contribution in [1.82, 2.24) is 0 Å². The van der Waals surface area contributed by atoms with Gasteiger partial charge in [0.15, 0.2) is 6.61 Å². The van der Waals surface area contributed by atoms with Gasteiger partial charge in [0.05, 0.1) is 16.5 Å². The number of carbonyl (C=O) groups is 3. The number of anilines is 1. The van der Waals surface area contributed by atoms with Crippen LogP contribution in [0, 0.1) is 27.9 Å². The maximum Gasteiger partial charge on any atom is 0.307 e. The third kappa shape index (κ3) is 5.90. The summed E-state index contributed by atoms with van der Waals surface area (Å²) in [7, 11) is 0. The van der Waals surface area contributed by atoms with E-state index >= 15 is 0 Å². The first kappa shape index (κ1) is 21.1. The van der Waals surface area contributed by atoms with E-state index in [4.69, 9.17) is 27.9 Å². The quantitative estimate of drug-likeness (QED) is 0.414. The first-order valence-corrected chi connectivity index (χ1v) is 8.98. The highest BCUT2D eigenvalue weighted by atomic mass is 35.5. The number of hydrogen-bond donors (Lipinski definition) is 1. The van der Waals surface area contributed by atoms with Crippen LogP contribution in [0.5, 0.6) is 0 Å². The van der Waals surface area contributed by atoms with Gasteiger partial charge in [-0.1, -0.05) is 30.1 Å². The van der Waals surface area contributed by atoms with Crippen molar-refractivity contribution in [3.8, 4) is 0 Å². The Morgan fingerprint density at radius 2 is 2.04 bits per heavy atom. The Balaban J connectivity index is 1.85. The Kier molecular flexibility index (Phi) is 7.15. The lowest BCUT2D eigenvalue weighted by Gasteiger charge is -2.17. The topological polar surface area (TPSA) is 116 Å². The Bertz CT molecular complexity index is 770. The minimum atomic E-state index is -0.754. The molecule has 1 fully saturated rings. The van der Waals surface area contributed by atoms with Gasteiger partial charge in [-0.3, -0.25) is 24.5 Å². The summed E-state index contributed by atoms with van der Waals surface area (Å²) in [6.45, 7) is 0.834. The number of amides is 1. The van der Waals surface area contributed by atoms with E-state index < -0.39 is 35.2 Å². The molecule has 2 rings (SSSR count). The zero-order valence-electron chi connectivity index (χ0n) is 14.4. The van der Waals surface area contributed by atoms with Gasteiger partial charge in [0.25, 0.3) is 5.91 Å². The number of Topliss-reactive ketones (excluding diaryl/α,β-unsaturated/α-hetero) is 1. The van der Waals surface area contributed by atoms with Crippen LogP contribution in [0.25, 0.3) is 0 Å². The van der Waals surface area contributed by atoms with E-state index in [0.717, 1.165) is 0 Å². The fourth-order valence-electron chi connectivity index (χ4n) is 3.16. The molecule has 0 spiro atoms. The van der Waals surface area contributed by atoms with Crippen LogP contribution in [-0.2, 0) is 19.1 Å². The second kappa shape index (κ2) is 9.14. The molecule has 8 nitrogen and oxygen atoms in total. The van der Waals surface area contributed by atoms with Crippen molar-refractivity contribution in [2.45, 2.75) is 19.8 Å². The van der Waals surface area contributed by atoms with Crippen molar-refractivity contribution >= 4 is 46.5 Å². The molecule has 1 aromatic carbocycles. The number of nitrogens with one attached hydrogen (secondary N) is 1. The zero-order valence-corrected chi connectivity index (χ0v) is 16.0. The summed E-state index contributed by atoms with van der Waals surface area (Å²) in [5, 5.41) is 13.9. The highest BCUT2D eigenvalue weighted by Crippen LogP contribution is 2.36. The van der Waals surface area contributed by atoms with Gasteiger partial charge in [0.2, 0.25) is 6.54 Å². The van der Waals surface area contributed by atoms with Gasteiger partial charge in [-0.25, -0.2) is 0 Å². The lowest BCUT2D eigenvalue weighted by Crippen LogP contribution is -2.28. The molecule has 1 amide bonds.